The van der Waals surface area contributed by atoms with Gasteiger partial charge in [-0.25, -0.2) is 4.99 Å². The van der Waals surface area contributed by atoms with Gasteiger partial charge in [0.15, 0.2) is 5.96 Å². The molecule has 0 bridgehead atoms. The first kappa shape index (κ1) is 28.7. The number of nitriles is 1. The Labute approximate surface area is 228 Å². The van der Waals surface area contributed by atoms with Crippen molar-refractivity contribution in [2.45, 2.75) is 51.8 Å². The number of amides is 2. The number of rotatable bonds is 13. The van der Waals surface area contributed by atoms with Gasteiger partial charge in [0.1, 0.15) is 18.4 Å². The maximum atomic E-state index is 13.2. The molecule has 0 unspecified atom stereocenters. The van der Waals surface area contributed by atoms with Crippen LogP contribution in [0.25, 0.3) is 0 Å². The van der Waals surface area contributed by atoms with E-state index in [1.165, 1.54) is 0 Å². The molecule has 39 heavy (non-hydrogen) atoms. The van der Waals surface area contributed by atoms with Gasteiger partial charge in [-0.2, -0.15) is 5.26 Å². The van der Waals surface area contributed by atoms with Crippen molar-refractivity contribution in [1.29, 1.82) is 5.26 Å². The number of hydrogen-bond acceptors (Lipinski definition) is 5. The number of benzene rings is 3. The van der Waals surface area contributed by atoms with Gasteiger partial charge in [0.05, 0.1) is 17.3 Å². The summed E-state index contributed by atoms with van der Waals surface area (Å²) < 4.78 is 5.85. The largest absolute Gasteiger partial charge is 0.489 e. The highest BCUT2D eigenvalue weighted by Gasteiger charge is 2.22. The number of nitrogens with two attached hydrogens (primary N) is 2. The third-order valence-electron chi connectivity index (χ3n) is 5.94. The van der Waals surface area contributed by atoms with Crippen molar-refractivity contribution in [2.24, 2.45) is 16.5 Å². The van der Waals surface area contributed by atoms with E-state index in [1.807, 2.05) is 24.3 Å². The number of nitrogens with zero attached hydrogens (tertiary/aromatic N) is 2. The first-order valence-corrected chi connectivity index (χ1v) is 12.9. The van der Waals surface area contributed by atoms with Crippen molar-refractivity contribution in [3.05, 3.63) is 95.1 Å². The molecule has 3 aromatic rings. The Balaban J connectivity index is 1.66. The Morgan fingerprint density at radius 3 is 2.23 bits per heavy atom. The summed E-state index contributed by atoms with van der Waals surface area (Å²) >= 11 is 0. The maximum Gasteiger partial charge on any atom is 0.247 e. The molecule has 0 saturated carbocycles. The molecule has 9 heteroatoms. The van der Waals surface area contributed by atoms with Gasteiger partial charge in [0, 0.05) is 13.0 Å². The smallest absolute Gasteiger partial charge is 0.247 e. The Hall–Kier alpha value is -4.84. The number of aliphatic imine (C=N–C) groups is 1. The summed E-state index contributed by atoms with van der Waals surface area (Å²) in [5.41, 5.74) is 14.5. The van der Waals surface area contributed by atoms with E-state index in [0.717, 1.165) is 30.4 Å². The van der Waals surface area contributed by atoms with Crippen LogP contribution in [0.15, 0.2) is 77.8 Å². The molecular formula is C30H34N6O3. The second-order valence-electron chi connectivity index (χ2n) is 9.04. The van der Waals surface area contributed by atoms with Crippen LogP contribution < -0.4 is 26.8 Å². The zero-order valence-electron chi connectivity index (χ0n) is 22.0. The van der Waals surface area contributed by atoms with E-state index in [4.69, 9.17) is 21.5 Å². The lowest BCUT2D eigenvalue weighted by Crippen LogP contribution is -2.40. The van der Waals surface area contributed by atoms with Gasteiger partial charge < -0.3 is 26.8 Å². The van der Waals surface area contributed by atoms with E-state index in [9.17, 15) is 9.59 Å². The van der Waals surface area contributed by atoms with Crippen molar-refractivity contribution in [2.75, 3.05) is 0 Å². The summed E-state index contributed by atoms with van der Waals surface area (Å²) in [7, 11) is 0. The summed E-state index contributed by atoms with van der Waals surface area (Å²) in [5, 5.41) is 14.7. The van der Waals surface area contributed by atoms with Crippen molar-refractivity contribution < 1.29 is 14.3 Å². The van der Waals surface area contributed by atoms with Gasteiger partial charge >= 0.3 is 0 Å². The van der Waals surface area contributed by atoms with Crippen LogP contribution in [-0.2, 0) is 22.7 Å². The molecule has 2 amide bonds. The Kier molecular flexibility index (Phi) is 10.9. The van der Waals surface area contributed by atoms with E-state index in [-0.39, 0.29) is 24.3 Å². The SMILES string of the molecule is CCCCCC(=O)N[C@H](C(=O)NCc1ccc(N=C(N)N)cc1)c1ccc(OCc2ccc(C#N)cc2)cc1. The Morgan fingerprint density at radius 1 is 0.949 bits per heavy atom. The molecule has 0 radical (unpaired) electrons. The molecule has 0 aliphatic carbocycles. The third-order valence-corrected chi connectivity index (χ3v) is 5.94. The van der Waals surface area contributed by atoms with Gasteiger partial charge in [-0.3, -0.25) is 9.59 Å². The average Bonchev–Trinajstić information content (AvgIpc) is 2.95. The van der Waals surface area contributed by atoms with Crippen LogP contribution in [0, 0.1) is 11.3 Å². The summed E-state index contributed by atoms with van der Waals surface area (Å²) in [6.45, 7) is 2.68. The van der Waals surface area contributed by atoms with E-state index >= 15 is 0 Å². The molecule has 202 valence electrons. The lowest BCUT2D eigenvalue weighted by molar-refractivity contribution is -0.129. The zero-order valence-corrected chi connectivity index (χ0v) is 22.0. The first-order chi connectivity index (χ1) is 18.9. The number of carbonyl (C=O) groups excluding carboxylic acids is 2. The molecule has 0 heterocycles. The van der Waals surface area contributed by atoms with Gasteiger partial charge in [-0.15, -0.1) is 0 Å². The number of unbranched alkanes of at least 4 members (excludes halogenated alkanes) is 2. The average molecular weight is 527 g/mol. The van der Waals surface area contributed by atoms with Crippen molar-refractivity contribution in [3.8, 4) is 11.8 Å². The summed E-state index contributed by atoms with van der Waals surface area (Å²) in [6.07, 6.45) is 3.07. The molecule has 9 nitrogen and oxygen atoms in total. The lowest BCUT2D eigenvalue weighted by atomic mass is 10.0. The van der Waals surface area contributed by atoms with E-state index in [1.54, 1.807) is 48.5 Å². The topological polar surface area (TPSA) is 156 Å². The highest BCUT2D eigenvalue weighted by atomic mass is 16.5. The predicted octanol–water partition coefficient (Wildman–Crippen LogP) is 4.10. The fourth-order valence-corrected chi connectivity index (χ4v) is 3.80. The number of hydrogen-bond donors (Lipinski definition) is 4. The number of carbonyl (C=O) groups is 2. The minimum Gasteiger partial charge on any atom is -0.489 e. The fraction of sp³-hybridized carbons (Fsp3) is 0.267. The Bertz CT molecular complexity index is 1290. The van der Waals surface area contributed by atoms with Crippen molar-refractivity contribution in [1.82, 2.24) is 10.6 Å². The highest BCUT2D eigenvalue weighted by molar-refractivity contribution is 5.88. The normalized spacial score (nSPS) is 11.1. The second-order valence-corrected chi connectivity index (χ2v) is 9.04. The van der Waals surface area contributed by atoms with Crippen LogP contribution in [0.2, 0.25) is 0 Å². The van der Waals surface area contributed by atoms with Crippen LogP contribution in [0.1, 0.15) is 60.9 Å². The minimum absolute atomic E-state index is 0.0285. The molecule has 3 aromatic carbocycles. The lowest BCUT2D eigenvalue weighted by Gasteiger charge is -2.19. The van der Waals surface area contributed by atoms with Crippen LogP contribution >= 0.6 is 0 Å². The molecule has 3 rings (SSSR count). The van der Waals surface area contributed by atoms with Crippen LogP contribution in [0.5, 0.6) is 5.75 Å². The number of ether oxygens (including phenoxy) is 1. The third kappa shape index (κ3) is 9.52. The molecule has 1 atom stereocenters. The summed E-state index contributed by atoms with van der Waals surface area (Å²) in [5.74, 6) is 0.0985. The van der Waals surface area contributed by atoms with Crippen LogP contribution in [0.3, 0.4) is 0 Å². The molecular weight excluding hydrogens is 492 g/mol. The number of guanidine groups is 1. The van der Waals surface area contributed by atoms with E-state index in [0.29, 0.717) is 35.6 Å². The Morgan fingerprint density at radius 2 is 1.62 bits per heavy atom. The predicted molar refractivity (Wildman–Crippen MR) is 151 cm³/mol. The summed E-state index contributed by atoms with van der Waals surface area (Å²) in [4.78, 5) is 29.8. The van der Waals surface area contributed by atoms with Gasteiger partial charge in [-0.05, 0) is 59.5 Å². The summed E-state index contributed by atoms with van der Waals surface area (Å²) in [6, 6.07) is 22.6. The molecule has 0 aliphatic heterocycles. The zero-order chi connectivity index (χ0) is 28.0. The van der Waals surface area contributed by atoms with Gasteiger partial charge in [-0.1, -0.05) is 56.2 Å². The molecule has 0 spiro atoms. The van der Waals surface area contributed by atoms with E-state index < -0.39 is 6.04 Å². The van der Waals surface area contributed by atoms with Crippen molar-refractivity contribution >= 4 is 23.5 Å². The highest BCUT2D eigenvalue weighted by Crippen LogP contribution is 2.20. The monoisotopic (exact) mass is 526 g/mol. The van der Waals surface area contributed by atoms with Crippen LogP contribution in [0.4, 0.5) is 5.69 Å². The number of nitrogens with one attached hydrogen (secondary N) is 2. The standard InChI is InChI=1S/C30H34N6O3/c1-2-3-4-5-27(37)36-28(29(38)34-19-22-10-14-25(15-11-22)35-30(32)33)24-12-16-26(17-13-24)39-20-23-8-6-21(18-31)7-9-23/h6-17,28H,2-5,19-20H2,1H3,(H,34,38)(H,36,37)(H4,32,33,35)/t28-/m0/s1. The quantitative estimate of drug-likeness (QED) is 0.149. The molecule has 0 aromatic heterocycles. The second kappa shape index (κ2) is 14.8. The molecule has 0 fully saturated rings. The molecule has 0 saturated heterocycles. The fourth-order valence-electron chi connectivity index (χ4n) is 3.80. The van der Waals surface area contributed by atoms with Gasteiger partial charge in [0.2, 0.25) is 11.8 Å². The maximum absolute atomic E-state index is 13.2. The van der Waals surface area contributed by atoms with Gasteiger partial charge in [0.25, 0.3) is 0 Å². The van der Waals surface area contributed by atoms with Crippen LogP contribution in [-0.4, -0.2) is 17.8 Å². The van der Waals surface area contributed by atoms with Crippen molar-refractivity contribution in [3.63, 3.8) is 0 Å². The minimum atomic E-state index is -0.854. The first-order valence-electron chi connectivity index (χ1n) is 12.9. The molecule has 0 aliphatic rings. The van der Waals surface area contributed by atoms with E-state index in [2.05, 4.69) is 28.6 Å². The molecule has 6 N–H and O–H groups in total.